The second-order valence-electron chi connectivity index (χ2n) is 7.52. The van der Waals surface area contributed by atoms with Gasteiger partial charge in [0.15, 0.2) is 5.78 Å². The predicted molar refractivity (Wildman–Crippen MR) is 112 cm³/mol. The Balaban J connectivity index is 0.000000425. The van der Waals surface area contributed by atoms with E-state index in [1.54, 1.807) is 0 Å². The zero-order valence-electron chi connectivity index (χ0n) is 16.9. The molecule has 0 amide bonds. The van der Waals surface area contributed by atoms with Crippen molar-refractivity contribution in [2.45, 2.75) is 40.0 Å². The van der Waals surface area contributed by atoms with Crippen LogP contribution in [0.4, 0.5) is 0 Å². The normalized spacial score (nSPS) is 11.2. The Morgan fingerprint density at radius 3 is 2.25 bits per heavy atom. The minimum absolute atomic E-state index is 0. The number of benzene rings is 2. The Morgan fingerprint density at radius 1 is 1.07 bits per heavy atom. The summed E-state index contributed by atoms with van der Waals surface area (Å²) in [5.74, 6) is -0.0625. The van der Waals surface area contributed by atoms with Gasteiger partial charge >= 0.3 is 0 Å². The summed E-state index contributed by atoms with van der Waals surface area (Å²) in [6.45, 7) is 9.49. The molecule has 0 fully saturated rings. The molecule has 0 aliphatic carbocycles. The zero-order valence-corrected chi connectivity index (χ0v) is 19.3. The molecule has 0 aliphatic heterocycles. The monoisotopic (exact) mass is 553 g/mol. The summed E-state index contributed by atoms with van der Waals surface area (Å²) in [4.78, 5) is 14.6. The van der Waals surface area contributed by atoms with E-state index in [2.05, 4.69) is 74.3 Å². The van der Waals surface area contributed by atoms with Gasteiger partial charge in [0, 0.05) is 32.4 Å². The first-order valence-electron chi connectivity index (χ1n) is 8.92. The summed E-state index contributed by atoms with van der Waals surface area (Å²) in [5, 5.41) is 10.8. The van der Waals surface area contributed by atoms with E-state index in [1.165, 1.54) is 36.3 Å². The maximum atomic E-state index is 10.0. The van der Waals surface area contributed by atoms with Crippen LogP contribution < -0.4 is 0 Å². The van der Waals surface area contributed by atoms with E-state index in [4.69, 9.17) is 5.11 Å². The first kappa shape index (κ1) is 23.7. The molecular weight excluding hydrogens is 526 g/mol. The van der Waals surface area contributed by atoms with Gasteiger partial charge in [-0.2, -0.15) is 0 Å². The summed E-state index contributed by atoms with van der Waals surface area (Å²) in [5.41, 5.74) is 3.50. The van der Waals surface area contributed by atoms with Gasteiger partial charge < -0.3 is 10.1 Å². The molecule has 1 heterocycles. The van der Waals surface area contributed by atoms with Gasteiger partial charge in [-0.05, 0) is 41.8 Å². The number of allylic oxidation sites excluding steroid dienone is 2. The van der Waals surface area contributed by atoms with Crippen LogP contribution in [0.2, 0.25) is 0 Å². The number of carbonyl (C=O) groups is 1. The van der Waals surface area contributed by atoms with E-state index >= 15 is 0 Å². The van der Waals surface area contributed by atoms with Crippen LogP contribution in [0.3, 0.4) is 0 Å². The van der Waals surface area contributed by atoms with Crippen LogP contribution in [-0.2, 0) is 30.3 Å². The SMILES string of the molecule is CC(=O)/C=C(/C)O.CC(C)(C)c1c[c-]c(-c2nccc3ccccc23)cc1.[Ir]. The van der Waals surface area contributed by atoms with E-state index in [-0.39, 0.29) is 37.1 Å². The molecule has 3 rings (SSSR count). The Bertz CT molecular complexity index is 945. The second kappa shape index (κ2) is 10.3. The van der Waals surface area contributed by atoms with Crippen LogP contribution in [0.1, 0.15) is 40.2 Å². The fraction of sp³-hybridized carbons (Fsp3) is 0.250. The van der Waals surface area contributed by atoms with Crippen molar-refractivity contribution in [3.05, 3.63) is 78.2 Å². The molecule has 28 heavy (non-hydrogen) atoms. The van der Waals surface area contributed by atoms with Crippen LogP contribution in [0.25, 0.3) is 22.0 Å². The summed E-state index contributed by atoms with van der Waals surface area (Å²) in [6, 6.07) is 20.1. The van der Waals surface area contributed by atoms with Gasteiger partial charge in [0.25, 0.3) is 0 Å². The quantitative estimate of drug-likeness (QED) is 0.240. The van der Waals surface area contributed by atoms with Gasteiger partial charge in [-0.15, -0.1) is 35.4 Å². The van der Waals surface area contributed by atoms with Crippen molar-refractivity contribution < 1.29 is 30.0 Å². The van der Waals surface area contributed by atoms with Crippen molar-refractivity contribution in [2.24, 2.45) is 0 Å². The number of aliphatic hydroxyl groups is 1. The number of fused-ring (bicyclic) bond motifs is 1. The Hall–Kier alpha value is -2.29. The van der Waals surface area contributed by atoms with Gasteiger partial charge in [0.2, 0.25) is 0 Å². The summed E-state index contributed by atoms with van der Waals surface area (Å²) < 4.78 is 0. The van der Waals surface area contributed by atoms with Gasteiger partial charge in [0.1, 0.15) is 0 Å². The van der Waals surface area contributed by atoms with Crippen LogP contribution in [0.15, 0.2) is 66.6 Å². The molecule has 0 saturated heterocycles. The van der Waals surface area contributed by atoms with Crippen molar-refractivity contribution >= 4 is 16.6 Å². The average molecular weight is 553 g/mol. The Labute approximate surface area is 180 Å². The molecule has 149 valence electrons. The molecule has 0 saturated carbocycles. The molecule has 4 heteroatoms. The predicted octanol–water partition coefficient (Wildman–Crippen LogP) is 6.03. The molecule has 1 radical (unpaired) electrons. The van der Waals surface area contributed by atoms with Crippen molar-refractivity contribution in [3.63, 3.8) is 0 Å². The Kier molecular flexibility index (Phi) is 8.74. The molecule has 1 aromatic heterocycles. The maximum Gasteiger partial charge on any atom is 0.155 e. The molecule has 1 N–H and O–H groups in total. The van der Waals surface area contributed by atoms with E-state index in [9.17, 15) is 4.79 Å². The van der Waals surface area contributed by atoms with E-state index in [0.29, 0.717) is 0 Å². The molecule has 0 unspecified atom stereocenters. The average Bonchev–Trinajstić information content (AvgIpc) is 2.60. The fourth-order valence-electron chi connectivity index (χ4n) is 2.67. The first-order valence-corrected chi connectivity index (χ1v) is 8.92. The molecule has 0 atom stereocenters. The molecule has 0 spiro atoms. The summed E-state index contributed by atoms with van der Waals surface area (Å²) >= 11 is 0. The fourth-order valence-corrected chi connectivity index (χ4v) is 2.67. The van der Waals surface area contributed by atoms with Gasteiger partial charge in [-0.25, -0.2) is 0 Å². The van der Waals surface area contributed by atoms with E-state index < -0.39 is 0 Å². The second-order valence-corrected chi connectivity index (χ2v) is 7.52. The molecule has 3 nitrogen and oxygen atoms in total. The molecule has 0 aliphatic rings. The zero-order chi connectivity index (χ0) is 20.0. The van der Waals surface area contributed by atoms with Crippen LogP contribution in [0, 0.1) is 6.07 Å². The van der Waals surface area contributed by atoms with Crippen LogP contribution in [0.5, 0.6) is 0 Å². The van der Waals surface area contributed by atoms with Gasteiger partial charge in [-0.1, -0.05) is 45.0 Å². The number of pyridine rings is 1. The van der Waals surface area contributed by atoms with Crippen molar-refractivity contribution in [1.29, 1.82) is 0 Å². The smallest absolute Gasteiger partial charge is 0.155 e. The van der Waals surface area contributed by atoms with Gasteiger partial charge in [-0.3, -0.25) is 4.79 Å². The maximum absolute atomic E-state index is 10.0. The number of aromatic nitrogens is 1. The number of nitrogens with zero attached hydrogens (tertiary/aromatic N) is 1. The summed E-state index contributed by atoms with van der Waals surface area (Å²) in [6.07, 6.45) is 3.03. The van der Waals surface area contributed by atoms with E-state index in [0.717, 1.165) is 11.3 Å². The third-order valence-electron chi connectivity index (χ3n) is 4.02. The third kappa shape index (κ3) is 6.70. The molecule has 2 aromatic carbocycles. The van der Waals surface area contributed by atoms with Crippen molar-refractivity contribution in [2.75, 3.05) is 0 Å². The van der Waals surface area contributed by atoms with Crippen LogP contribution >= 0.6 is 0 Å². The first-order chi connectivity index (χ1) is 12.7. The number of aliphatic hydroxyl groups excluding tert-OH is 1. The number of ketones is 1. The van der Waals surface area contributed by atoms with Gasteiger partial charge in [0.05, 0.1) is 5.76 Å². The molecule has 0 bridgehead atoms. The Morgan fingerprint density at radius 2 is 1.75 bits per heavy atom. The van der Waals surface area contributed by atoms with Crippen molar-refractivity contribution in [3.8, 4) is 11.3 Å². The minimum atomic E-state index is -0.125. The minimum Gasteiger partial charge on any atom is -0.512 e. The standard InChI is InChI=1S/C19H18N.C5H8O2.Ir/c1-19(2,3)16-10-8-15(9-11-16)18-17-7-5-4-6-14(17)12-13-20-18;1-4(6)3-5(2)7;/h4-8,10-13H,1-3H3;3,6H,1-2H3;/q-1;;/b;4-3-;. The molecular formula is C24H26IrNO2-. The number of hydrogen-bond donors (Lipinski definition) is 1. The van der Waals surface area contributed by atoms with Crippen LogP contribution in [-0.4, -0.2) is 15.9 Å². The van der Waals surface area contributed by atoms with Crippen molar-refractivity contribution in [1.82, 2.24) is 4.98 Å². The number of carbonyl (C=O) groups excluding carboxylic acids is 1. The number of hydrogen-bond acceptors (Lipinski definition) is 3. The third-order valence-corrected chi connectivity index (χ3v) is 4.02. The topological polar surface area (TPSA) is 50.2 Å². The molecule has 3 aromatic rings. The summed E-state index contributed by atoms with van der Waals surface area (Å²) in [7, 11) is 0. The largest absolute Gasteiger partial charge is 0.512 e. The van der Waals surface area contributed by atoms with E-state index in [1.807, 2.05) is 12.3 Å². The number of rotatable bonds is 2.